The second-order valence-corrected chi connectivity index (χ2v) is 8.83. The van der Waals surface area contributed by atoms with Crippen LogP contribution in [0.1, 0.15) is 25.3 Å². The lowest BCUT2D eigenvalue weighted by atomic mass is 10.1. The van der Waals surface area contributed by atoms with Crippen molar-refractivity contribution in [3.05, 3.63) is 59.3 Å². The molecule has 4 aromatic rings. The van der Waals surface area contributed by atoms with E-state index < -0.39 is 5.82 Å². The highest BCUT2D eigenvalue weighted by Gasteiger charge is 2.20. The molecule has 0 spiro atoms. The highest BCUT2D eigenvalue weighted by molar-refractivity contribution is 6.30. The van der Waals surface area contributed by atoms with Crippen LogP contribution >= 0.6 is 11.6 Å². The maximum absolute atomic E-state index is 14.5. The number of benzene rings is 1. The lowest BCUT2D eigenvalue weighted by molar-refractivity contribution is 0.590. The Labute approximate surface area is 196 Å². The van der Waals surface area contributed by atoms with E-state index in [4.69, 9.17) is 16.6 Å². The van der Waals surface area contributed by atoms with Crippen LogP contribution < -0.4 is 15.5 Å². The topological polar surface area (TPSA) is 81.8 Å². The van der Waals surface area contributed by atoms with E-state index in [-0.39, 0.29) is 17.3 Å². The Morgan fingerprint density at radius 1 is 1.15 bits per heavy atom. The normalized spacial score (nSPS) is 14.3. The lowest BCUT2D eigenvalue weighted by Gasteiger charge is -2.29. The zero-order valence-electron chi connectivity index (χ0n) is 18.5. The van der Waals surface area contributed by atoms with Crippen LogP contribution in [0.2, 0.25) is 5.02 Å². The minimum atomic E-state index is -0.416. The fraction of sp³-hybridized carbons (Fsp3) is 0.292. The summed E-state index contributed by atoms with van der Waals surface area (Å²) < 4.78 is 14.5. The summed E-state index contributed by atoms with van der Waals surface area (Å²) in [6, 6.07) is 6.33. The molecule has 0 radical (unpaired) electrons. The summed E-state index contributed by atoms with van der Waals surface area (Å²) in [5, 5.41) is 8.32. The van der Waals surface area contributed by atoms with Gasteiger partial charge in [0, 0.05) is 55.4 Å². The predicted molar refractivity (Wildman–Crippen MR) is 131 cm³/mol. The van der Waals surface area contributed by atoms with Gasteiger partial charge >= 0.3 is 0 Å². The van der Waals surface area contributed by atoms with Crippen LogP contribution in [-0.4, -0.2) is 46.1 Å². The summed E-state index contributed by atoms with van der Waals surface area (Å²) in [5.74, 6) is 0.667. The minimum Gasteiger partial charge on any atom is -0.367 e. The fourth-order valence-corrected chi connectivity index (χ4v) is 4.31. The third kappa shape index (κ3) is 4.24. The van der Waals surface area contributed by atoms with E-state index >= 15 is 0 Å². The molecule has 1 fully saturated rings. The fourth-order valence-electron chi connectivity index (χ4n) is 4.14. The van der Waals surface area contributed by atoms with Crippen molar-refractivity contribution in [3.63, 3.8) is 0 Å². The van der Waals surface area contributed by atoms with E-state index in [0.29, 0.717) is 10.8 Å². The number of hydrogen-bond acceptors (Lipinski definition) is 6. The monoisotopic (exact) mass is 465 g/mol. The van der Waals surface area contributed by atoms with Gasteiger partial charge in [0.15, 0.2) is 5.82 Å². The first-order valence-corrected chi connectivity index (χ1v) is 11.4. The second kappa shape index (κ2) is 8.96. The molecule has 1 aliphatic heterocycles. The molecule has 1 aliphatic rings. The Morgan fingerprint density at radius 2 is 1.97 bits per heavy atom. The first kappa shape index (κ1) is 21.6. The number of hydrogen-bond donors (Lipinski definition) is 3. The molecule has 3 aromatic heterocycles. The molecule has 0 atom stereocenters. The standard InChI is InChI=1S/C24H25ClFN7/c1-14(2)17-12-29-22(16-11-15(25)3-4-18(16)26)32-23(17)31-19-5-6-28-24-21(19)20(13-30-24)33-9-7-27-8-10-33/h3-6,11-14,27H,7-10H2,1-2H3,(H2,28,29,30,31,32). The molecule has 0 amide bonds. The summed E-state index contributed by atoms with van der Waals surface area (Å²) >= 11 is 6.10. The predicted octanol–water partition coefficient (Wildman–Crippen LogP) is 5.09. The molecule has 170 valence electrons. The first-order chi connectivity index (χ1) is 16.0. The van der Waals surface area contributed by atoms with Crippen LogP contribution in [0.25, 0.3) is 22.4 Å². The van der Waals surface area contributed by atoms with Gasteiger partial charge in [-0.05, 0) is 30.2 Å². The largest absolute Gasteiger partial charge is 0.367 e. The van der Waals surface area contributed by atoms with Gasteiger partial charge in [0.2, 0.25) is 0 Å². The van der Waals surface area contributed by atoms with E-state index in [1.807, 2.05) is 12.3 Å². The highest BCUT2D eigenvalue weighted by atomic mass is 35.5. The average Bonchev–Trinajstić information content (AvgIpc) is 3.26. The van der Waals surface area contributed by atoms with Crippen LogP contribution in [0.3, 0.4) is 0 Å². The summed E-state index contributed by atoms with van der Waals surface area (Å²) in [4.78, 5) is 19.3. The molecule has 1 saturated heterocycles. The van der Waals surface area contributed by atoms with Crippen molar-refractivity contribution in [1.29, 1.82) is 0 Å². The molecular weight excluding hydrogens is 441 g/mol. The highest BCUT2D eigenvalue weighted by Crippen LogP contribution is 2.36. The van der Waals surface area contributed by atoms with E-state index in [1.165, 1.54) is 12.1 Å². The Bertz CT molecular complexity index is 1300. The Balaban J connectivity index is 1.60. The minimum absolute atomic E-state index is 0.168. The number of halogens is 2. The molecule has 5 rings (SSSR count). The van der Waals surface area contributed by atoms with Crippen LogP contribution in [0.4, 0.5) is 21.6 Å². The molecular formula is C24H25ClFN7. The molecule has 7 nitrogen and oxygen atoms in total. The van der Waals surface area contributed by atoms with E-state index in [1.54, 1.807) is 18.5 Å². The van der Waals surface area contributed by atoms with Crippen LogP contribution in [0, 0.1) is 5.82 Å². The Kier molecular flexibility index (Phi) is 5.86. The summed E-state index contributed by atoms with van der Waals surface area (Å²) in [6.45, 7) is 7.87. The maximum atomic E-state index is 14.5. The van der Waals surface area contributed by atoms with Crippen LogP contribution in [-0.2, 0) is 0 Å². The Morgan fingerprint density at radius 3 is 2.76 bits per heavy atom. The van der Waals surface area contributed by atoms with Crippen LogP contribution in [0.5, 0.6) is 0 Å². The summed E-state index contributed by atoms with van der Waals surface area (Å²) in [7, 11) is 0. The third-order valence-electron chi connectivity index (χ3n) is 5.87. The van der Waals surface area contributed by atoms with Crippen molar-refractivity contribution >= 4 is 39.8 Å². The molecule has 0 aliphatic carbocycles. The van der Waals surface area contributed by atoms with E-state index in [9.17, 15) is 4.39 Å². The van der Waals surface area contributed by atoms with E-state index in [2.05, 4.69) is 44.3 Å². The van der Waals surface area contributed by atoms with Gasteiger partial charge in [0.25, 0.3) is 0 Å². The molecule has 1 aromatic carbocycles. The molecule has 9 heteroatoms. The van der Waals surface area contributed by atoms with Crippen molar-refractivity contribution in [1.82, 2.24) is 25.3 Å². The number of H-pyrrole nitrogens is 1. The molecule has 0 saturated carbocycles. The van der Waals surface area contributed by atoms with Crippen LogP contribution in [0.15, 0.2) is 42.9 Å². The second-order valence-electron chi connectivity index (χ2n) is 8.39. The van der Waals surface area contributed by atoms with Crippen molar-refractivity contribution < 1.29 is 4.39 Å². The van der Waals surface area contributed by atoms with Gasteiger partial charge in [-0.25, -0.2) is 19.3 Å². The van der Waals surface area contributed by atoms with Gasteiger partial charge < -0.3 is 20.5 Å². The lowest BCUT2D eigenvalue weighted by Crippen LogP contribution is -2.43. The quantitative estimate of drug-likeness (QED) is 0.381. The van der Waals surface area contributed by atoms with Gasteiger partial charge in [0.05, 0.1) is 22.3 Å². The molecule has 33 heavy (non-hydrogen) atoms. The van der Waals surface area contributed by atoms with Crippen molar-refractivity contribution in [2.75, 3.05) is 36.4 Å². The molecule has 4 heterocycles. The Hall–Kier alpha value is -3.23. The van der Waals surface area contributed by atoms with Gasteiger partial charge in [-0.1, -0.05) is 25.4 Å². The average molecular weight is 466 g/mol. The number of aromatic amines is 1. The number of pyridine rings is 1. The molecule has 0 bridgehead atoms. The van der Waals surface area contributed by atoms with Gasteiger partial charge in [-0.2, -0.15) is 0 Å². The number of fused-ring (bicyclic) bond motifs is 1. The number of aromatic nitrogens is 4. The van der Waals surface area contributed by atoms with Gasteiger partial charge in [-0.3, -0.25) is 0 Å². The van der Waals surface area contributed by atoms with Gasteiger partial charge in [0.1, 0.15) is 17.3 Å². The van der Waals surface area contributed by atoms with Crippen molar-refractivity contribution in [2.45, 2.75) is 19.8 Å². The number of piperazine rings is 1. The van der Waals surface area contributed by atoms with E-state index in [0.717, 1.165) is 54.2 Å². The number of nitrogens with one attached hydrogen (secondary N) is 3. The summed E-state index contributed by atoms with van der Waals surface area (Å²) in [6.07, 6.45) is 5.52. The molecule has 3 N–H and O–H groups in total. The first-order valence-electron chi connectivity index (χ1n) is 11.0. The zero-order valence-corrected chi connectivity index (χ0v) is 19.2. The maximum Gasteiger partial charge on any atom is 0.164 e. The number of rotatable bonds is 5. The van der Waals surface area contributed by atoms with Crippen molar-refractivity contribution in [2.24, 2.45) is 0 Å². The SMILES string of the molecule is CC(C)c1cnc(-c2cc(Cl)ccc2F)nc1Nc1ccnc2[nH]cc(N3CCNCC3)c12. The number of anilines is 3. The number of nitrogens with zero attached hydrogens (tertiary/aromatic N) is 4. The van der Waals surface area contributed by atoms with Crippen molar-refractivity contribution in [3.8, 4) is 11.4 Å². The zero-order chi connectivity index (χ0) is 22.9. The molecule has 0 unspecified atom stereocenters. The third-order valence-corrected chi connectivity index (χ3v) is 6.11. The van der Waals surface area contributed by atoms with Gasteiger partial charge in [-0.15, -0.1) is 0 Å². The smallest absolute Gasteiger partial charge is 0.164 e. The summed E-state index contributed by atoms with van der Waals surface area (Å²) in [5.41, 5.74) is 3.99.